The summed E-state index contributed by atoms with van der Waals surface area (Å²) in [4.78, 5) is 12.2. The largest absolute Gasteiger partial charge is 0.483 e. The van der Waals surface area contributed by atoms with Gasteiger partial charge in [-0.1, -0.05) is 68.8 Å². The lowest BCUT2D eigenvalue weighted by atomic mass is 9.85. The van der Waals surface area contributed by atoms with Crippen molar-refractivity contribution in [2.75, 3.05) is 6.61 Å². The Bertz CT molecular complexity index is 687. The van der Waals surface area contributed by atoms with Crippen molar-refractivity contribution in [1.82, 2.24) is 5.32 Å². The van der Waals surface area contributed by atoms with Crippen LogP contribution in [0.3, 0.4) is 0 Å². The zero-order valence-corrected chi connectivity index (χ0v) is 15.2. The Labute approximate surface area is 145 Å². The molecule has 3 heteroatoms. The van der Waals surface area contributed by atoms with E-state index in [9.17, 15) is 4.79 Å². The lowest BCUT2D eigenvalue weighted by molar-refractivity contribution is -0.123. The minimum atomic E-state index is -0.119. The van der Waals surface area contributed by atoms with Crippen LogP contribution in [0.4, 0.5) is 0 Å². The van der Waals surface area contributed by atoms with Crippen molar-refractivity contribution in [1.29, 1.82) is 0 Å². The summed E-state index contributed by atoms with van der Waals surface area (Å²) in [5, 5.41) is 2.97. The Morgan fingerprint density at radius 3 is 2.42 bits per heavy atom. The molecule has 0 saturated heterocycles. The third kappa shape index (κ3) is 4.85. The van der Waals surface area contributed by atoms with Crippen molar-refractivity contribution < 1.29 is 9.53 Å². The number of nitrogens with one attached hydrogen (secondary N) is 1. The summed E-state index contributed by atoms with van der Waals surface area (Å²) in [6.07, 6.45) is 0. The second-order valence-corrected chi connectivity index (χ2v) is 7.24. The van der Waals surface area contributed by atoms with Gasteiger partial charge in [-0.15, -0.1) is 0 Å². The third-order valence-corrected chi connectivity index (χ3v) is 3.98. The van der Waals surface area contributed by atoms with Crippen LogP contribution in [0.5, 0.6) is 5.75 Å². The average Bonchev–Trinajstić information content (AvgIpc) is 2.53. The zero-order chi connectivity index (χ0) is 17.7. The van der Waals surface area contributed by atoms with E-state index in [0.717, 1.165) is 16.9 Å². The van der Waals surface area contributed by atoms with Gasteiger partial charge in [-0.3, -0.25) is 4.79 Å². The number of carbonyl (C=O) groups excluding carboxylic acids is 1. The van der Waals surface area contributed by atoms with Gasteiger partial charge in [0.1, 0.15) is 5.75 Å². The molecule has 0 spiro atoms. The number of hydrogen-bond donors (Lipinski definition) is 1. The lowest BCUT2D eigenvalue weighted by Gasteiger charge is -2.23. The smallest absolute Gasteiger partial charge is 0.258 e. The van der Waals surface area contributed by atoms with Gasteiger partial charge < -0.3 is 10.1 Å². The van der Waals surface area contributed by atoms with Crippen molar-refractivity contribution in [2.45, 2.75) is 46.1 Å². The van der Waals surface area contributed by atoms with Crippen LogP contribution in [-0.2, 0) is 10.2 Å². The normalized spacial score (nSPS) is 12.5. The first-order valence-electron chi connectivity index (χ1n) is 8.35. The monoisotopic (exact) mass is 325 g/mol. The van der Waals surface area contributed by atoms with Gasteiger partial charge in [0, 0.05) is 0 Å². The molecule has 0 aliphatic rings. The quantitative estimate of drug-likeness (QED) is 0.876. The summed E-state index contributed by atoms with van der Waals surface area (Å²) in [5.74, 6) is 0.655. The van der Waals surface area contributed by atoms with Crippen LogP contribution in [0.25, 0.3) is 0 Å². The van der Waals surface area contributed by atoms with Gasteiger partial charge in [-0.05, 0) is 36.5 Å². The van der Waals surface area contributed by atoms with Gasteiger partial charge in [0.2, 0.25) is 0 Å². The highest BCUT2D eigenvalue weighted by Crippen LogP contribution is 2.32. The Balaban J connectivity index is 2.00. The van der Waals surface area contributed by atoms with Crippen LogP contribution < -0.4 is 10.1 Å². The molecule has 128 valence electrons. The Morgan fingerprint density at radius 2 is 1.79 bits per heavy atom. The SMILES string of the molecule is Cc1ccc(OCC(=O)N[C@H](C)c2ccccc2)c(C(C)(C)C)c1. The molecule has 0 unspecified atom stereocenters. The molecule has 1 N–H and O–H groups in total. The second kappa shape index (κ2) is 7.52. The van der Waals surface area contributed by atoms with E-state index in [0.29, 0.717) is 0 Å². The average molecular weight is 325 g/mol. The predicted molar refractivity (Wildman–Crippen MR) is 98.4 cm³/mol. The summed E-state index contributed by atoms with van der Waals surface area (Å²) in [5.41, 5.74) is 3.35. The lowest BCUT2D eigenvalue weighted by Crippen LogP contribution is -2.31. The Hall–Kier alpha value is -2.29. The van der Waals surface area contributed by atoms with E-state index < -0.39 is 0 Å². The van der Waals surface area contributed by atoms with E-state index in [1.54, 1.807) is 0 Å². The molecule has 0 fully saturated rings. The molecule has 0 aliphatic carbocycles. The summed E-state index contributed by atoms with van der Waals surface area (Å²) in [6, 6.07) is 16.0. The number of carbonyl (C=O) groups is 1. The second-order valence-electron chi connectivity index (χ2n) is 7.24. The number of amides is 1. The Morgan fingerprint density at radius 1 is 1.12 bits per heavy atom. The molecule has 3 nitrogen and oxygen atoms in total. The van der Waals surface area contributed by atoms with Gasteiger partial charge in [-0.2, -0.15) is 0 Å². The van der Waals surface area contributed by atoms with E-state index in [2.05, 4.69) is 39.1 Å². The predicted octanol–water partition coefficient (Wildman–Crippen LogP) is 4.55. The first kappa shape index (κ1) is 18.1. The fraction of sp³-hybridized carbons (Fsp3) is 0.381. The van der Waals surface area contributed by atoms with Crippen LogP contribution >= 0.6 is 0 Å². The summed E-state index contributed by atoms with van der Waals surface area (Å²) in [6.45, 7) is 10.5. The maximum absolute atomic E-state index is 12.2. The van der Waals surface area contributed by atoms with Gasteiger partial charge in [-0.25, -0.2) is 0 Å². The van der Waals surface area contributed by atoms with Crippen LogP contribution in [-0.4, -0.2) is 12.5 Å². The van der Waals surface area contributed by atoms with Gasteiger partial charge in [0.15, 0.2) is 6.61 Å². The summed E-state index contributed by atoms with van der Waals surface area (Å²) < 4.78 is 5.81. The van der Waals surface area contributed by atoms with Crippen molar-refractivity contribution in [3.05, 3.63) is 65.2 Å². The minimum absolute atomic E-state index is 0.0172. The maximum atomic E-state index is 12.2. The van der Waals surface area contributed by atoms with Crippen molar-refractivity contribution in [3.63, 3.8) is 0 Å². The van der Waals surface area contributed by atoms with Gasteiger partial charge in [0.05, 0.1) is 6.04 Å². The van der Waals surface area contributed by atoms with Crippen molar-refractivity contribution >= 4 is 5.91 Å². The third-order valence-electron chi connectivity index (χ3n) is 3.98. The van der Waals surface area contributed by atoms with Crippen LogP contribution in [0.1, 0.15) is 50.4 Å². The highest BCUT2D eigenvalue weighted by Gasteiger charge is 2.20. The number of rotatable bonds is 5. The molecule has 2 rings (SSSR count). The molecule has 0 saturated carbocycles. The molecule has 0 radical (unpaired) electrons. The van der Waals surface area contributed by atoms with Crippen molar-refractivity contribution in [2.24, 2.45) is 0 Å². The first-order chi connectivity index (χ1) is 11.3. The highest BCUT2D eigenvalue weighted by atomic mass is 16.5. The molecule has 0 heterocycles. The minimum Gasteiger partial charge on any atom is -0.483 e. The van der Waals surface area contributed by atoms with Crippen LogP contribution in [0, 0.1) is 6.92 Å². The summed E-state index contributed by atoms with van der Waals surface area (Å²) in [7, 11) is 0. The highest BCUT2D eigenvalue weighted by molar-refractivity contribution is 5.78. The molecular formula is C21H27NO2. The van der Waals surface area contributed by atoms with Crippen LogP contribution in [0.15, 0.2) is 48.5 Å². The topological polar surface area (TPSA) is 38.3 Å². The van der Waals surface area contributed by atoms with E-state index in [-0.39, 0.29) is 24.0 Å². The van der Waals surface area contributed by atoms with E-state index in [4.69, 9.17) is 4.74 Å². The van der Waals surface area contributed by atoms with Gasteiger partial charge in [0.25, 0.3) is 5.91 Å². The maximum Gasteiger partial charge on any atom is 0.258 e. The van der Waals surface area contributed by atoms with Crippen LogP contribution in [0.2, 0.25) is 0 Å². The number of hydrogen-bond acceptors (Lipinski definition) is 2. The number of aryl methyl sites for hydroxylation is 1. The molecule has 0 aromatic heterocycles. The van der Waals surface area contributed by atoms with E-state index in [1.807, 2.05) is 49.4 Å². The Kier molecular flexibility index (Phi) is 5.66. The fourth-order valence-corrected chi connectivity index (χ4v) is 2.61. The standard InChI is InChI=1S/C21H27NO2/c1-15-11-12-19(18(13-15)21(3,4)5)24-14-20(23)22-16(2)17-9-7-6-8-10-17/h6-13,16H,14H2,1-5H3,(H,22,23)/t16-/m1/s1. The summed E-state index contributed by atoms with van der Waals surface area (Å²) >= 11 is 0. The number of benzene rings is 2. The zero-order valence-electron chi connectivity index (χ0n) is 15.2. The van der Waals surface area contributed by atoms with E-state index in [1.165, 1.54) is 5.56 Å². The molecule has 1 atom stereocenters. The fourth-order valence-electron chi connectivity index (χ4n) is 2.61. The molecule has 0 bridgehead atoms. The molecule has 1 amide bonds. The number of ether oxygens (including phenoxy) is 1. The van der Waals surface area contributed by atoms with E-state index >= 15 is 0 Å². The molecule has 2 aromatic carbocycles. The molecular weight excluding hydrogens is 298 g/mol. The molecule has 2 aromatic rings. The molecule has 0 aliphatic heterocycles. The van der Waals surface area contributed by atoms with Crippen molar-refractivity contribution in [3.8, 4) is 5.75 Å². The first-order valence-corrected chi connectivity index (χ1v) is 8.35. The van der Waals surface area contributed by atoms with Gasteiger partial charge >= 0.3 is 0 Å². The molecule has 24 heavy (non-hydrogen) atoms.